The van der Waals surface area contributed by atoms with Crippen LogP contribution in [0.5, 0.6) is 0 Å². The van der Waals surface area contributed by atoms with E-state index in [1.165, 1.54) is 24.3 Å². The summed E-state index contributed by atoms with van der Waals surface area (Å²) in [5.74, 6) is -1.19. The number of carbonyl (C=O) groups excluding carboxylic acids is 1. The van der Waals surface area contributed by atoms with Gasteiger partial charge in [0.2, 0.25) is 11.7 Å². The summed E-state index contributed by atoms with van der Waals surface area (Å²) in [4.78, 5) is 15.4. The van der Waals surface area contributed by atoms with E-state index in [1.54, 1.807) is 18.2 Å². The smallest absolute Gasteiger partial charge is 0.392 e. The minimum atomic E-state index is -4.65. The zero-order valence-electron chi connectivity index (χ0n) is 14.5. The van der Waals surface area contributed by atoms with E-state index in [4.69, 9.17) is 0 Å². The number of aliphatic hydroxyl groups is 1. The Morgan fingerprint density at radius 1 is 1.19 bits per heavy atom. The van der Waals surface area contributed by atoms with E-state index in [0.717, 1.165) is 4.57 Å². The number of anilines is 1. The molecule has 8 heteroatoms. The summed E-state index contributed by atoms with van der Waals surface area (Å²) in [6.07, 6.45) is -3.57. The van der Waals surface area contributed by atoms with Crippen molar-refractivity contribution >= 4 is 22.6 Å². The first-order valence-electron chi connectivity index (χ1n) is 8.43. The normalized spacial score (nSPS) is 11.7. The van der Waals surface area contributed by atoms with E-state index >= 15 is 0 Å². The van der Waals surface area contributed by atoms with Crippen LogP contribution in [0.15, 0.2) is 42.5 Å². The quantitative estimate of drug-likeness (QED) is 0.698. The van der Waals surface area contributed by atoms with E-state index < -0.39 is 12.0 Å². The van der Waals surface area contributed by atoms with Gasteiger partial charge in [0.15, 0.2) is 0 Å². The molecule has 0 aliphatic carbocycles. The Hall–Kier alpha value is -2.87. The lowest BCUT2D eigenvalue weighted by Gasteiger charge is -2.12. The molecule has 0 unspecified atom stereocenters. The van der Waals surface area contributed by atoms with Crippen molar-refractivity contribution in [2.24, 2.45) is 0 Å². The second kappa shape index (κ2) is 7.40. The molecule has 3 aromatic rings. The lowest BCUT2D eigenvalue weighted by atomic mass is 10.2. The van der Waals surface area contributed by atoms with Crippen LogP contribution >= 0.6 is 0 Å². The fourth-order valence-electron chi connectivity index (χ4n) is 2.82. The monoisotopic (exact) mass is 377 g/mol. The van der Waals surface area contributed by atoms with Gasteiger partial charge in [-0.3, -0.25) is 9.36 Å². The molecule has 27 heavy (non-hydrogen) atoms. The number of carbonyl (C=O) groups is 1. The van der Waals surface area contributed by atoms with E-state index in [2.05, 4.69) is 10.3 Å². The van der Waals surface area contributed by atoms with Gasteiger partial charge in [-0.2, -0.15) is 13.2 Å². The summed E-state index contributed by atoms with van der Waals surface area (Å²) in [6.45, 7) is 1.60. The molecule has 0 spiro atoms. The number of hydrogen-bond acceptors (Lipinski definition) is 3. The highest BCUT2D eigenvalue weighted by Gasteiger charge is 2.38. The third-order valence-corrected chi connectivity index (χ3v) is 4.04. The summed E-state index contributed by atoms with van der Waals surface area (Å²) < 4.78 is 41.5. The number of amides is 1. The lowest BCUT2D eigenvalue weighted by molar-refractivity contribution is -0.145. The maximum Gasteiger partial charge on any atom is 0.450 e. The molecule has 0 saturated heterocycles. The molecule has 0 aliphatic heterocycles. The molecule has 1 aromatic heterocycles. The average Bonchev–Trinajstić information content (AvgIpc) is 3.01. The number of nitrogens with zero attached hydrogens (tertiary/aromatic N) is 2. The van der Waals surface area contributed by atoms with Crippen LogP contribution in [-0.4, -0.2) is 20.6 Å². The molecule has 0 atom stereocenters. The summed E-state index contributed by atoms with van der Waals surface area (Å²) in [5.41, 5.74) is 1.69. The highest BCUT2D eigenvalue weighted by Crippen LogP contribution is 2.34. The molecule has 1 heterocycles. The van der Waals surface area contributed by atoms with Crippen molar-refractivity contribution in [1.29, 1.82) is 0 Å². The third kappa shape index (κ3) is 3.95. The molecule has 5 nitrogen and oxygen atoms in total. The largest absolute Gasteiger partial charge is 0.450 e. The van der Waals surface area contributed by atoms with Gasteiger partial charge in [-0.1, -0.05) is 13.0 Å². The highest BCUT2D eigenvalue weighted by atomic mass is 19.4. The first kappa shape index (κ1) is 18.9. The maximum absolute atomic E-state index is 13.5. The second-order valence-corrected chi connectivity index (χ2v) is 6.09. The average molecular weight is 377 g/mol. The van der Waals surface area contributed by atoms with Crippen LogP contribution < -0.4 is 5.32 Å². The van der Waals surface area contributed by atoms with Crippen LogP contribution in [0.3, 0.4) is 0 Å². The van der Waals surface area contributed by atoms with Gasteiger partial charge in [0.1, 0.15) is 0 Å². The number of nitrogens with one attached hydrogen (secondary N) is 1. The summed E-state index contributed by atoms with van der Waals surface area (Å²) in [5, 5.41) is 11.9. The van der Waals surface area contributed by atoms with E-state index in [1.807, 2.05) is 6.92 Å². The predicted molar refractivity (Wildman–Crippen MR) is 95.5 cm³/mol. The Labute approximate surface area is 153 Å². The van der Waals surface area contributed by atoms with Crippen LogP contribution in [0.25, 0.3) is 16.7 Å². The molecule has 0 fully saturated rings. The van der Waals surface area contributed by atoms with Crippen molar-refractivity contribution in [2.45, 2.75) is 32.5 Å². The van der Waals surface area contributed by atoms with Gasteiger partial charge < -0.3 is 10.4 Å². The Morgan fingerprint density at radius 3 is 2.48 bits per heavy atom. The molecule has 142 valence electrons. The van der Waals surface area contributed by atoms with Gasteiger partial charge in [-0.05, 0) is 48.4 Å². The third-order valence-electron chi connectivity index (χ3n) is 4.04. The number of fused-ring (bicyclic) bond motifs is 1. The number of alkyl halides is 3. The van der Waals surface area contributed by atoms with E-state index in [9.17, 15) is 23.1 Å². The van der Waals surface area contributed by atoms with Gasteiger partial charge >= 0.3 is 6.18 Å². The van der Waals surface area contributed by atoms with Crippen molar-refractivity contribution < 1.29 is 23.1 Å². The van der Waals surface area contributed by atoms with Gasteiger partial charge in [-0.15, -0.1) is 0 Å². The highest BCUT2D eigenvalue weighted by molar-refractivity contribution is 5.90. The van der Waals surface area contributed by atoms with Crippen molar-refractivity contribution in [2.75, 3.05) is 5.32 Å². The zero-order chi connectivity index (χ0) is 19.6. The summed E-state index contributed by atoms with van der Waals surface area (Å²) in [7, 11) is 0. The molecule has 0 aliphatic rings. The molecule has 2 N–H and O–H groups in total. The molecule has 3 rings (SSSR count). The SMILES string of the molecule is CCCC(=O)Nc1ccc(-n2c(C(F)(F)F)nc3cc(CO)ccc32)cc1. The fourth-order valence-corrected chi connectivity index (χ4v) is 2.82. The molecule has 1 amide bonds. The van der Waals surface area contributed by atoms with Crippen LogP contribution in [-0.2, 0) is 17.6 Å². The Kier molecular flexibility index (Phi) is 5.18. The van der Waals surface area contributed by atoms with Crippen LogP contribution in [0.4, 0.5) is 18.9 Å². The first-order valence-corrected chi connectivity index (χ1v) is 8.43. The summed E-state index contributed by atoms with van der Waals surface area (Å²) in [6, 6.07) is 10.6. The van der Waals surface area contributed by atoms with Crippen molar-refractivity contribution in [3.05, 3.63) is 53.9 Å². The van der Waals surface area contributed by atoms with Crippen LogP contribution in [0.2, 0.25) is 0 Å². The number of hydrogen-bond donors (Lipinski definition) is 2. The molecular weight excluding hydrogens is 359 g/mol. The second-order valence-electron chi connectivity index (χ2n) is 6.09. The Balaban J connectivity index is 2.05. The van der Waals surface area contributed by atoms with Gasteiger partial charge in [-0.25, -0.2) is 4.98 Å². The molecule has 0 bridgehead atoms. The van der Waals surface area contributed by atoms with Gasteiger partial charge in [0.25, 0.3) is 0 Å². The van der Waals surface area contributed by atoms with Crippen molar-refractivity contribution in [3.8, 4) is 5.69 Å². The predicted octanol–water partition coefficient (Wildman–Crippen LogP) is 4.28. The number of aliphatic hydroxyl groups excluding tert-OH is 1. The van der Waals surface area contributed by atoms with Crippen molar-refractivity contribution in [1.82, 2.24) is 9.55 Å². The summed E-state index contributed by atoms with van der Waals surface area (Å²) >= 11 is 0. The molecule has 0 radical (unpaired) electrons. The van der Waals surface area contributed by atoms with Gasteiger partial charge in [0, 0.05) is 17.8 Å². The minimum Gasteiger partial charge on any atom is -0.392 e. The standard InChI is InChI=1S/C19H18F3N3O2/c1-2-3-17(27)23-13-5-7-14(8-6-13)25-16-9-4-12(11-26)10-15(16)24-18(25)19(20,21)22/h4-10,26H,2-3,11H2,1H3,(H,23,27). The van der Waals surface area contributed by atoms with Crippen LogP contribution in [0, 0.1) is 0 Å². The zero-order valence-corrected chi connectivity index (χ0v) is 14.5. The van der Waals surface area contributed by atoms with Crippen molar-refractivity contribution in [3.63, 3.8) is 0 Å². The van der Waals surface area contributed by atoms with E-state index in [-0.39, 0.29) is 29.2 Å². The fraction of sp³-hybridized carbons (Fsp3) is 0.263. The lowest BCUT2D eigenvalue weighted by Crippen LogP contribution is -2.14. The number of rotatable bonds is 5. The molecule has 2 aromatic carbocycles. The molecular formula is C19H18F3N3O2. The van der Waals surface area contributed by atoms with Gasteiger partial charge in [0.05, 0.1) is 17.6 Å². The number of aromatic nitrogens is 2. The number of benzene rings is 2. The van der Waals surface area contributed by atoms with Crippen LogP contribution in [0.1, 0.15) is 31.2 Å². The minimum absolute atomic E-state index is 0.147. The van der Waals surface area contributed by atoms with E-state index in [0.29, 0.717) is 24.1 Å². The number of imidazole rings is 1. The Bertz CT molecular complexity index is 963. The number of halogens is 3. The topological polar surface area (TPSA) is 67.2 Å². The molecule has 0 saturated carbocycles. The Morgan fingerprint density at radius 2 is 1.89 bits per heavy atom. The first-order chi connectivity index (χ1) is 12.8. The maximum atomic E-state index is 13.5.